The van der Waals surface area contributed by atoms with E-state index in [1.54, 1.807) is 5.48 Å². The van der Waals surface area contributed by atoms with Crippen LogP contribution in [0.1, 0.15) is 0 Å². The van der Waals surface area contributed by atoms with E-state index in [4.69, 9.17) is 0 Å². The van der Waals surface area contributed by atoms with Crippen molar-refractivity contribution in [3.63, 3.8) is 0 Å². The second-order valence-corrected chi connectivity index (χ2v) is 1.57. The van der Waals surface area contributed by atoms with Crippen molar-refractivity contribution in [2.75, 3.05) is 0 Å². The van der Waals surface area contributed by atoms with E-state index in [1.807, 2.05) is 0 Å². The summed E-state index contributed by atoms with van der Waals surface area (Å²) in [5, 5.41) is 0. The van der Waals surface area contributed by atoms with Crippen molar-refractivity contribution < 1.29 is 24.0 Å². The summed E-state index contributed by atoms with van der Waals surface area (Å²) in [6, 6.07) is 0. The molecule has 0 fully saturated rings. The number of esters is 1. The molecule has 0 unspecified atom stereocenters. The monoisotopic (exact) mass is 157 g/mol. The van der Waals surface area contributed by atoms with Crippen LogP contribution in [0.25, 0.3) is 0 Å². The molecule has 11 heavy (non-hydrogen) atoms. The molecule has 1 N–H and O–H groups in total. The molecular weight excluding hydrogens is 154 g/mol. The molecular formula is C5H3NO5. The van der Waals surface area contributed by atoms with Crippen LogP contribution >= 0.6 is 0 Å². The average molecular weight is 157 g/mol. The average Bonchev–Trinajstić information content (AvgIpc) is 1.95. The van der Waals surface area contributed by atoms with Crippen molar-refractivity contribution in [1.29, 1.82) is 0 Å². The summed E-state index contributed by atoms with van der Waals surface area (Å²) >= 11 is 0. The van der Waals surface area contributed by atoms with E-state index in [-0.39, 0.29) is 0 Å². The van der Waals surface area contributed by atoms with Gasteiger partial charge in [0.05, 0.1) is 0 Å². The number of rotatable bonds is 0. The van der Waals surface area contributed by atoms with Gasteiger partial charge in [0.15, 0.2) is 0 Å². The lowest BCUT2D eigenvalue weighted by molar-refractivity contribution is -0.147. The van der Waals surface area contributed by atoms with Gasteiger partial charge in [0.1, 0.15) is 0 Å². The van der Waals surface area contributed by atoms with Crippen molar-refractivity contribution in [3.8, 4) is 0 Å². The number of cyclic esters (lactones) is 2. The van der Waals surface area contributed by atoms with Crippen LogP contribution in [0.2, 0.25) is 0 Å². The van der Waals surface area contributed by atoms with Gasteiger partial charge in [-0.2, -0.15) is 0 Å². The Labute approximate surface area is 60.7 Å². The molecule has 0 aromatic carbocycles. The van der Waals surface area contributed by atoms with Crippen LogP contribution in [0.3, 0.4) is 0 Å². The molecule has 0 radical (unpaired) electrons. The van der Waals surface area contributed by atoms with E-state index in [0.29, 0.717) is 0 Å². The van der Waals surface area contributed by atoms with E-state index in [9.17, 15) is 14.4 Å². The number of carbonyl (C=O) groups is 3. The van der Waals surface area contributed by atoms with Crippen LogP contribution in [0.4, 0.5) is 4.79 Å². The minimum absolute atomic E-state index is 0.793. The van der Waals surface area contributed by atoms with Gasteiger partial charge in [0, 0.05) is 12.2 Å². The number of hydroxylamine groups is 1. The Morgan fingerprint density at radius 2 is 1.73 bits per heavy atom. The Morgan fingerprint density at radius 3 is 2.45 bits per heavy atom. The second kappa shape index (κ2) is 2.82. The van der Waals surface area contributed by atoms with Crippen molar-refractivity contribution >= 4 is 18.0 Å². The zero-order chi connectivity index (χ0) is 8.27. The van der Waals surface area contributed by atoms with E-state index in [1.165, 1.54) is 0 Å². The summed E-state index contributed by atoms with van der Waals surface area (Å²) in [5.41, 5.74) is 1.58. The summed E-state index contributed by atoms with van der Waals surface area (Å²) < 4.78 is 3.99. The number of ether oxygens (including phenoxy) is 1. The molecule has 0 saturated heterocycles. The van der Waals surface area contributed by atoms with Crippen LogP contribution in [-0.4, -0.2) is 18.0 Å². The molecule has 6 nitrogen and oxygen atoms in total. The van der Waals surface area contributed by atoms with Gasteiger partial charge in [-0.15, -0.1) is 5.48 Å². The molecule has 0 aliphatic carbocycles. The Hall–Kier alpha value is -1.85. The number of hydrogen-bond acceptors (Lipinski definition) is 5. The van der Waals surface area contributed by atoms with Crippen molar-refractivity contribution in [2.24, 2.45) is 0 Å². The summed E-state index contributed by atoms with van der Waals surface area (Å²) in [4.78, 5) is 35.2. The molecule has 1 heterocycles. The highest BCUT2D eigenvalue weighted by atomic mass is 16.7. The van der Waals surface area contributed by atoms with Crippen molar-refractivity contribution in [2.45, 2.75) is 0 Å². The molecule has 0 aromatic heterocycles. The van der Waals surface area contributed by atoms with E-state index < -0.39 is 18.0 Å². The van der Waals surface area contributed by atoms with Crippen LogP contribution < -0.4 is 5.48 Å². The van der Waals surface area contributed by atoms with Gasteiger partial charge in [-0.3, -0.25) is 0 Å². The maximum atomic E-state index is 10.4. The molecule has 1 amide bonds. The summed E-state index contributed by atoms with van der Waals surface area (Å²) in [6.07, 6.45) is 0.510. The topological polar surface area (TPSA) is 81.7 Å². The quantitative estimate of drug-likeness (QED) is 0.370. The summed E-state index contributed by atoms with van der Waals surface area (Å²) in [7, 11) is 0. The van der Waals surface area contributed by atoms with Gasteiger partial charge >= 0.3 is 18.0 Å². The van der Waals surface area contributed by atoms with Gasteiger partial charge < -0.3 is 9.57 Å². The SMILES string of the molecule is O=C1/C=C/C(=O)OC(=O)NO1. The minimum Gasteiger partial charge on any atom is -0.371 e. The number of nitrogens with one attached hydrogen (secondary N) is 1. The van der Waals surface area contributed by atoms with Gasteiger partial charge in [-0.1, -0.05) is 0 Å². The van der Waals surface area contributed by atoms with Gasteiger partial charge in [0.2, 0.25) is 0 Å². The maximum Gasteiger partial charge on any atom is 0.448 e. The standard InChI is InChI=1S/C5H3NO5/c7-3-1-2-4(8)11-6-5(9)10-3/h1-2H,(H,6,9)/b2-1+. The fraction of sp³-hybridized carbons (Fsp3) is 0. The molecule has 0 aromatic rings. The van der Waals surface area contributed by atoms with Gasteiger partial charge in [-0.25, -0.2) is 14.4 Å². The molecule has 58 valence electrons. The fourth-order valence-corrected chi connectivity index (χ4v) is 0.408. The largest absolute Gasteiger partial charge is 0.448 e. The first-order chi connectivity index (χ1) is 5.18. The third-order valence-electron chi connectivity index (χ3n) is 0.784. The van der Waals surface area contributed by atoms with Gasteiger partial charge in [-0.05, 0) is 0 Å². The molecule has 1 rings (SSSR count). The predicted molar refractivity (Wildman–Crippen MR) is 29.9 cm³/mol. The summed E-state index contributed by atoms with van der Waals surface area (Å²) in [5.74, 6) is -1.76. The minimum atomic E-state index is -1.12. The van der Waals surface area contributed by atoms with E-state index in [2.05, 4.69) is 9.57 Å². The fourth-order valence-electron chi connectivity index (χ4n) is 0.408. The smallest absolute Gasteiger partial charge is 0.371 e. The summed E-state index contributed by atoms with van der Waals surface area (Å²) in [6.45, 7) is 0. The van der Waals surface area contributed by atoms with Crippen molar-refractivity contribution in [3.05, 3.63) is 12.2 Å². The third-order valence-corrected chi connectivity index (χ3v) is 0.784. The zero-order valence-corrected chi connectivity index (χ0v) is 5.20. The zero-order valence-electron chi connectivity index (χ0n) is 5.20. The molecule has 0 saturated carbocycles. The maximum absolute atomic E-state index is 10.4. The normalized spacial score (nSPS) is 20.5. The lowest BCUT2D eigenvalue weighted by Crippen LogP contribution is -2.30. The molecule has 0 atom stereocenters. The number of amides is 1. The number of hydrogen-bond donors (Lipinski definition) is 1. The lowest BCUT2D eigenvalue weighted by Gasteiger charge is -2.04. The Kier molecular flexibility index (Phi) is 1.86. The first-order valence-corrected chi connectivity index (χ1v) is 2.59. The molecule has 6 heteroatoms. The Bertz CT molecular complexity index is 243. The predicted octanol–water partition coefficient (Wildman–Crippen LogP) is -0.733. The first-order valence-electron chi connectivity index (χ1n) is 2.59. The Morgan fingerprint density at radius 1 is 1.09 bits per heavy atom. The highest BCUT2D eigenvalue weighted by molar-refractivity contribution is 5.97. The van der Waals surface area contributed by atoms with Crippen LogP contribution in [-0.2, 0) is 19.2 Å². The Balaban J connectivity index is 2.72. The van der Waals surface area contributed by atoms with Crippen molar-refractivity contribution in [1.82, 2.24) is 5.48 Å². The lowest BCUT2D eigenvalue weighted by atomic mass is 10.5. The van der Waals surface area contributed by atoms with E-state index >= 15 is 0 Å². The molecule has 0 bridgehead atoms. The highest BCUT2D eigenvalue weighted by Crippen LogP contribution is 1.89. The molecule has 1 aliphatic rings. The molecule has 1 aliphatic heterocycles. The second-order valence-electron chi connectivity index (χ2n) is 1.57. The number of carbonyl (C=O) groups excluding carboxylic acids is 3. The third kappa shape index (κ3) is 2.09. The first kappa shape index (κ1) is 7.26. The van der Waals surface area contributed by atoms with E-state index in [0.717, 1.165) is 12.2 Å². The highest BCUT2D eigenvalue weighted by Gasteiger charge is 2.12. The van der Waals surface area contributed by atoms with Crippen LogP contribution in [0.15, 0.2) is 12.2 Å². The van der Waals surface area contributed by atoms with Gasteiger partial charge in [0.25, 0.3) is 0 Å². The van der Waals surface area contributed by atoms with Crippen LogP contribution in [0.5, 0.6) is 0 Å². The molecule has 0 spiro atoms. The van der Waals surface area contributed by atoms with Crippen LogP contribution in [0, 0.1) is 0 Å².